The summed E-state index contributed by atoms with van der Waals surface area (Å²) in [4.78, 5) is 4.15. The van der Waals surface area contributed by atoms with Gasteiger partial charge < -0.3 is 4.42 Å². The number of hydrogen-bond acceptors (Lipinski definition) is 2. The van der Waals surface area contributed by atoms with Crippen molar-refractivity contribution in [3.05, 3.63) is 53.8 Å². The number of hydrogen-bond donors (Lipinski definition) is 0. The third kappa shape index (κ3) is 1.21. The standard InChI is InChI=1S/C15H8ClNO/c16-13-3-1-2-10-9(13)4-5-11-12-8-17-7-6-14(12)18-15(10)11/h1-8H. The van der Waals surface area contributed by atoms with Crippen molar-refractivity contribution in [3.8, 4) is 0 Å². The summed E-state index contributed by atoms with van der Waals surface area (Å²) in [6, 6.07) is 11.8. The fourth-order valence-electron chi connectivity index (χ4n) is 2.40. The van der Waals surface area contributed by atoms with Crippen molar-refractivity contribution in [3.63, 3.8) is 0 Å². The second-order valence-electron chi connectivity index (χ2n) is 4.25. The molecule has 0 saturated carbocycles. The summed E-state index contributed by atoms with van der Waals surface area (Å²) in [5, 5.41) is 4.91. The van der Waals surface area contributed by atoms with Gasteiger partial charge in [-0.3, -0.25) is 4.98 Å². The van der Waals surface area contributed by atoms with Crippen molar-refractivity contribution in [1.82, 2.24) is 4.98 Å². The SMILES string of the molecule is Clc1cccc2c1ccc1c3cnccc3oc21. The Balaban J connectivity index is 2.32. The lowest BCUT2D eigenvalue weighted by Gasteiger charge is -2.00. The van der Waals surface area contributed by atoms with Gasteiger partial charge >= 0.3 is 0 Å². The van der Waals surface area contributed by atoms with Gasteiger partial charge in [-0.05, 0) is 18.2 Å². The molecule has 0 fully saturated rings. The van der Waals surface area contributed by atoms with E-state index in [9.17, 15) is 0 Å². The van der Waals surface area contributed by atoms with Gasteiger partial charge in [0.25, 0.3) is 0 Å². The maximum atomic E-state index is 6.20. The quantitative estimate of drug-likeness (QED) is 0.450. The van der Waals surface area contributed by atoms with E-state index in [1.807, 2.05) is 42.6 Å². The minimum absolute atomic E-state index is 0.744. The van der Waals surface area contributed by atoms with Crippen molar-refractivity contribution in [2.75, 3.05) is 0 Å². The molecule has 2 heterocycles. The Hall–Kier alpha value is -2.06. The molecule has 0 bridgehead atoms. The molecule has 2 nitrogen and oxygen atoms in total. The van der Waals surface area contributed by atoms with Gasteiger partial charge in [0.1, 0.15) is 11.2 Å². The molecular weight excluding hydrogens is 246 g/mol. The van der Waals surface area contributed by atoms with Crippen LogP contribution in [0.1, 0.15) is 0 Å². The minimum Gasteiger partial charge on any atom is -0.455 e. The second-order valence-corrected chi connectivity index (χ2v) is 4.66. The van der Waals surface area contributed by atoms with Gasteiger partial charge in [0.05, 0.1) is 0 Å². The van der Waals surface area contributed by atoms with Crippen LogP contribution in [0.3, 0.4) is 0 Å². The van der Waals surface area contributed by atoms with Crippen molar-refractivity contribution in [2.24, 2.45) is 0 Å². The van der Waals surface area contributed by atoms with Crippen molar-refractivity contribution in [2.45, 2.75) is 0 Å². The lowest BCUT2D eigenvalue weighted by atomic mass is 10.1. The third-order valence-electron chi connectivity index (χ3n) is 3.24. The molecule has 3 heteroatoms. The van der Waals surface area contributed by atoms with Gasteiger partial charge in [0, 0.05) is 39.0 Å². The molecule has 0 unspecified atom stereocenters. The van der Waals surface area contributed by atoms with Crippen molar-refractivity contribution >= 4 is 44.3 Å². The van der Waals surface area contributed by atoms with E-state index in [2.05, 4.69) is 4.98 Å². The molecule has 2 aromatic heterocycles. The molecule has 0 spiro atoms. The predicted molar refractivity (Wildman–Crippen MR) is 74.0 cm³/mol. The summed E-state index contributed by atoms with van der Waals surface area (Å²) in [5.74, 6) is 0. The van der Waals surface area contributed by atoms with Crippen LogP contribution in [-0.2, 0) is 0 Å². The molecule has 18 heavy (non-hydrogen) atoms. The summed E-state index contributed by atoms with van der Waals surface area (Å²) in [7, 11) is 0. The number of benzene rings is 2. The Morgan fingerprint density at radius 3 is 2.67 bits per heavy atom. The molecule has 0 N–H and O–H groups in total. The van der Waals surface area contributed by atoms with Gasteiger partial charge in [-0.2, -0.15) is 0 Å². The molecule has 0 radical (unpaired) electrons. The Morgan fingerprint density at radius 1 is 0.889 bits per heavy atom. The molecule has 4 aromatic rings. The molecule has 0 atom stereocenters. The third-order valence-corrected chi connectivity index (χ3v) is 3.57. The summed E-state index contributed by atoms with van der Waals surface area (Å²) >= 11 is 6.20. The number of rotatable bonds is 0. The zero-order chi connectivity index (χ0) is 12.1. The smallest absolute Gasteiger partial charge is 0.143 e. The molecule has 86 valence electrons. The van der Waals surface area contributed by atoms with Crippen LogP contribution in [0.4, 0.5) is 0 Å². The number of nitrogens with zero attached hydrogens (tertiary/aromatic N) is 1. The Bertz CT molecular complexity index is 895. The number of pyridine rings is 1. The largest absolute Gasteiger partial charge is 0.455 e. The molecule has 0 aliphatic rings. The average Bonchev–Trinajstić information content (AvgIpc) is 2.78. The summed E-state index contributed by atoms with van der Waals surface area (Å²) in [6.45, 7) is 0. The first kappa shape index (κ1) is 9.92. The van der Waals surface area contributed by atoms with Crippen LogP contribution in [0.25, 0.3) is 32.7 Å². The number of furan rings is 1. The van der Waals surface area contributed by atoms with Gasteiger partial charge in [-0.25, -0.2) is 0 Å². The molecule has 0 saturated heterocycles. The van der Waals surface area contributed by atoms with Gasteiger partial charge in [-0.15, -0.1) is 0 Å². The van der Waals surface area contributed by atoms with E-state index in [0.29, 0.717) is 0 Å². The summed E-state index contributed by atoms with van der Waals surface area (Å²) in [6.07, 6.45) is 3.57. The lowest BCUT2D eigenvalue weighted by Crippen LogP contribution is -1.75. The molecule has 0 amide bonds. The van der Waals surface area contributed by atoms with E-state index < -0.39 is 0 Å². The molecule has 0 aliphatic carbocycles. The highest BCUT2D eigenvalue weighted by atomic mass is 35.5. The summed E-state index contributed by atoms with van der Waals surface area (Å²) < 4.78 is 5.92. The van der Waals surface area contributed by atoms with Gasteiger partial charge in [-0.1, -0.05) is 29.8 Å². The fourth-order valence-corrected chi connectivity index (χ4v) is 2.63. The topological polar surface area (TPSA) is 26.0 Å². The highest BCUT2D eigenvalue weighted by molar-refractivity contribution is 6.36. The van der Waals surface area contributed by atoms with E-state index >= 15 is 0 Å². The average molecular weight is 254 g/mol. The predicted octanol–water partition coefficient (Wildman–Crippen LogP) is 4.79. The highest BCUT2D eigenvalue weighted by Crippen LogP contribution is 2.35. The van der Waals surface area contributed by atoms with E-state index in [0.717, 1.165) is 37.7 Å². The van der Waals surface area contributed by atoms with Crippen LogP contribution < -0.4 is 0 Å². The Morgan fingerprint density at radius 2 is 1.72 bits per heavy atom. The van der Waals surface area contributed by atoms with Crippen LogP contribution in [0, 0.1) is 0 Å². The fraction of sp³-hybridized carbons (Fsp3) is 0. The first-order valence-corrected chi connectivity index (χ1v) is 6.06. The Labute approximate surface area is 108 Å². The zero-order valence-corrected chi connectivity index (χ0v) is 10.1. The van der Waals surface area contributed by atoms with Crippen molar-refractivity contribution < 1.29 is 4.42 Å². The van der Waals surface area contributed by atoms with E-state index in [1.54, 1.807) is 6.20 Å². The minimum atomic E-state index is 0.744. The van der Waals surface area contributed by atoms with Gasteiger partial charge in [0.15, 0.2) is 0 Å². The second kappa shape index (κ2) is 3.47. The highest BCUT2D eigenvalue weighted by Gasteiger charge is 2.10. The molecule has 2 aromatic carbocycles. The number of aromatic nitrogens is 1. The van der Waals surface area contributed by atoms with Crippen LogP contribution in [0.2, 0.25) is 5.02 Å². The van der Waals surface area contributed by atoms with Crippen LogP contribution in [0.15, 0.2) is 53.2 Å². The molecular formula is C15H8ClNO. The van der Waals surface area contributed by atoms with E-state index in [4.69, 9.17) is 16.0 Å². The summed E-state index contributed by atoms with van der Waals surface area (Å²) in [5.41, 5.74) is 1.73. The maximum absolute atomic E-state index is 6.20. The van der Waals surface area contributed by atoms with Crippen LogP contribution in [-0.4, -0.2) is 4.98 Å². The molecule has 0 aliphatic heterocycles. The van der Waals surface area contributed by atoms with E-state index in [1.165, 1.54) is 0 Å². The number of halogens is 1. The maximum Gasteiger partial charge on any atom is 0.143 e. The normalized spacial score (nSPS) is 11.6. The monoisotopic (exact) mass is 253 g/mol. The lowest BCUT2D eigenvalue weighted by molar-refractivity contribution is 0.672. The number of fused-ring (bicyclic) bond motifs is 5. The van der Waals surface area contributed by atoms with Crippen molar-refractivity contribution in [1.29, 1.82) is 0 Å². The van der Waals surface area contributed by atoms with Gasteiger partial charge in [0.2, 0.25) is 0 Å². The van der Waals surface area contributed by atoms with Crippen LogP contribution >= 0.6 is 11.6 Å². The molecule has 4 rings (SSSR count). The first-order valence-electron chi connectivity index (χ1n) is 5.68. The van der Waals surface area contributed by atoms with Crippen LogP contribution in [0.5, 0.6) is 0 Å². The first-order chi connectivity index (χ1) is 8.84. The Kier molecular flexibility index (Phi) is 1.91. The zero-order valence-electron chi connectivity index (χ0n) is 9.35. The van der Waals surface area contributed by atoms with E-state index in [-0.39, 0.29) is 0 Å².